The van der Waals surface area contributed by atoms with Crippen LogP contribution in [0.25, 0.3) is 0 Å². The largest absolute Gasteiger partial charge is 0.492 e. The molecule has 0 fully saturated rings. The number of benzene rings is 2. The van der Waals surface area contributed by atoms with Gasteiger partial charge < -0.3 is 15.2 Å². The zero-order valence-electron chi connectivity index (χ0n) is 13.2. The summed E-state index contributed by atoms with van der Waals surface area (Å²) in [5.74, 6) is 0.653. The van der Waals surface area contributed by atoms with Crippen molar-refractivity contribution in [3.05, 3.63) is 54.1 Å². The normalized spacial score (nSPS) is 18.4. The minimum atomic E-state index is -0.586. The molecule has 3 rings (SSSR count). The van der Waals surface area contributed by atoms with Crippen LogP contribution in [0, 0.1) is 0 Å². The van der Waals surface area contributed by atoms with E-state index in [-0.39, 0.29) is 6.42 Å². The molecule has 0 saturated carbocycles. The van der Waals surface area contributed by atoms with Crippen LogP contribution in [-0.2, 0) is 10.2 Å². The van der Waals surface area contributed by atoms with Gasteiger partial charge in [0, 0.05) is 23.1 Å². The molecule has 0 aliphatic carbocycles. The lowest BCUT2D eigenvalue weighted by Crippen LogP contribution is -2.30. The lowest BCUT2D eigenvalue weighted by molar-refractivity contribution is -0.119. The quantitative estimate of drug-likeness (QED) is 0.904. The van der Waals surface area contributed by atoms with E-state index < -0.39 is 17.4 Å². The molecule has 0 aromatic heterocycles. The maximum atomic E-state index is 12.0. The minimum Gasteiger partial charge on any atom is -0.492 e. The molecule has 2 aromatic rings. The molecule has 1 heterocycles. The van der Waals surface area contributed by atoms with E-state index in [0.29, 0.717) is 23.8 Å². The summed E-state index contributed by atoms with van der Waals surface area (Å²) >= 11 is 0. The maximum absolute atomic E-state index is 12.0. The predicted octanol–water partition coefficient (Wildman–Crippen LogP) is 2.82. The van der Waals surface area contributed by atoms with Crippen LogP contribution >= 0.6 is 0 Å². The number of nitrogens with one attached hydrogen (secondary N) is 1. The summed E-state index contributed by atoms with van der Waals surface area (Å²) in [4.78, 5) is 23.3. The van der Waals surface area contributed by atoms with E-state index in [1.807, 2.05) is 25.1 Å². The van der Waals surface area contributed by atoms with Gasteiger partial charge in [-0.05, 0) is 30.3 Å². The zero-order chi connectivity index (χ0) is 17.2. The van der Waals surface area contributed by atoms with Gasteiger partial charge in [0.25, 0.3) is 0 Å². The molecule has 2 amide bonds. The van der Waals surface area contributed by atoms with Gasteiger partial charge in [0.1, 0.15) is 11.5 Å². The standard InChI is InChI=1S/C18H18N2O4/c1-18(10-16(19)21)11-23-15-8-7-13(9-14(15)18)24-17(22)20-12-5-3-2-4-6-12/h2-9H,10-11H2,1H3,(H2,19,21)(H,20,22). The van der Waals surface area contributed by atoms with Crippen LogP contribution in [0.4, 0.5) is 10.5 Å². The molecule has 1 aliphatic heterocycles. The van der Waals surface area contributed by atoms with Crippen LogP contribution in [-0.4, -0.2) is 18.6 Å². The molecule has 1 atom stereocenters. The average Bonchev–Trinajstić information content (AvgIpc) is 2.84. The summed E-state index contributed by atoms with van der Waals surface area (Å²) in [5.41, 5.74) is 6.27. The van der Waals surface area contributed by atoms with Crippen molar-refractivity contribution < 1.29 is 19.1 Å². The summed E-state index contributed by atoms with van der Waals surface area (Å²) in [7, 11) is 0. The number of anilines is 1. The van der Waals surface area contributed by atoms with Crippen molar-refractivity contribution in [2.24, 2.45) is 5.73 Å². The first kappa shape index (κ1) is 15.9. The van der Waals surface area contributed by atoms with E-state index in [1.165, 1.54) is 0 Å². The molecule has 0 spiro atoms. The van der Waals surface area contributed by atoms with E-state index >= 15 is 0 Å². The number of primary amides is 1. The first-order valence-electron chi connectivity index (χ1n) is 7.56. The number of hydrogen-bond donors (Lipinski definition) is 2. The molecule has 3 N–H and O–H groups in total. The number of amides is 2. The highest BCUT2D eigenvalue weighted by atomic mass is 16.6. The zero-order valence-corrected chi connectivity index (χ0v) is 13.2. The summed E-state index contributed by atoms with van der Waals surface area (Å²) < 4.78 is 10.9. The summed E-state index contributed by atoms with van der Waals surface area (Å²) in [5, 5.41) is 2.64. The molecule has 2 aromatic carbocycles. The summed E-state index contributed by atoms with van der Waals surface area (Å²) in [6, 6.07) is 14.1. The Morgan fingerprint density at radius 3 is 2.71 bits per heavy atom. The van der Waals surface area contributed by atoms with Crippen molar-refractivity contribution in [2.75, 3.05) is 11.9 Å². The van der Waals surface area contributed by atoms with E-state index in [2.05, 4.69) is 5.32 Å². The van der Waals surface area contributed by atoms with Crippen LogP contribution in [0.3, 0.4) is 0 Å². The molecule has 6 nitrogen and oxygen atoms in total. The van der Waals surface area contributed by atoms with E-state index in [1.54, 1.807) is 30.3 Å². The highest BCUT2D eigenvalue weighted by molar-refractivity contribution is 5.86. The molecule has 1 aliphatic rings. The molecule has 1 unspecified atom stereocenters. The molecule has 24 heavy (non-hydrogen) atoms. The van der Waals surface area contributed by atoms with Crippen LogP contribution in [0.5, 0.6) is 11.5 Å². The van der Waals surface area contributed by atoms with Crippen LogP contribution < -0.4 is 20.5 Å². The Balaban J connectivity index is 1.75. The third kappa shape index (κ3) is 3.32. The Labute approximate surface area is 139 Å². The van der Waals surface area contributed by atoms with Crippen molar-refractivity contribution in [3.8, 4) is 11.5 Å². The lowest BCUT2D eigenvalue weighted by atomic mass is 9.81. The number of carbonyl (C=O) groups excluding carboxylic acids is 2. The molecule has 0 saturated heterocycles. The predicted molar refractivity (Wildman–Crippen MR) is 89.2 cm³/mol. The smallest absolute Gasteiger partial charge is 0.417 e. The second-order valence-electron chi connectivity index (χ2n) is 6.03. The highest BCUT2D eigenvalue weighted by Crippen LogP contribution is 2.42. The van der Waals surface area contributed by atoms with Crippen molar-refractivity contribution in [1.82, 2.24) is 0 Å². The highest BCUT2D eigenvalue weighted by Gasteiger charge is 2.38. The number of rotatable bonds is 4. The molecular weight excluding hydrogens is 308 g/mol. The molecule has 6 heteroatoms. The number of carbonyl (C=O) groups is 2. The number of nitrogens with two attached hydrogens (primary N) is 1. The first-order chi connectivity index (χ1) is 11.5. The fourth-order valence-corrected chi connectivity index (χ4v) is 2.79. The van der Waals surface area contributed by atoms with Gasteiger partial charge >= 0.3 is 6.09 Å². The monoisotopic (exact) mass is 326 g/mol. The van der Waals surface area contributed by atoms with Gasteiger partial charge in [-0.15, -0.1) is 0 Å². The van der Waals surface area contributed by atoms with Crippen LogP contribution in [0.1, 0.15) is 18.9 Å². The third-order valence-electron chi connectivity index (χ3n) is 3.94. The van der Waals surface area contributed by atoms with Crippen molar-refractivity contribution >= 4 is 17.7 Å². The van der Waals surface area contributed by atoms with Gasteiger partial charge in [0.05, 0.1) is 6.61 Å². The second kappa shape index (κ2) is 6.23. The number of para-hydroxylation sites is 1. The fourth-order valence-electron chi connectivity index (χ4n) is 2.79. The minimum absolute atomic E-state index is 0.166. The number of fused-ring (bicyclic) bond motifs is 1. The molecule has 0 radical (unpaired) electrons. The van der Waals surface area contributed by atoms with Crippen molar-refractivity contribution in [1.29, 1.82) is 0 Å². The molecular formula is C18H18N2O4. The van der Waals surface area contributed by atoms with Gasteiger partial charge in [-0.25, -0.2) is 4.79 Å². The van der Waals surface area contributed by atoms with Crippen LogP contribution in [0.15, 0.2) is 48.5 Å². The Morgan fingerprint density at radius 2 is 2.00 bits per heavy atom. The van der Waals surface area contributed by atoms with Crippen LogP contribution in [0.2, 0.25) is 0 Å². The van der Waals surface area contributed by atoms with Crippen molar-refractivity contribution in [3.63, 3.8) is 0 Å². The summed E-state index contributed by atoms with van der Waals surface area (Å²) in [6.45, 7) is 2.27. The fraction of sp³-hybridized carbons (Fsp3) is 0.222. The first-order valence-corrected chi connectivity index (χ1v) is 7.56. The van der Waals surface area contributed by atoms with Gasteiger partial charge in [-0.1, -0.05) is 25.1 Å². The van der Waals surface area contributed by atoms with E-state index in [9.17, 15) is 9.59 Å². The Hall–Kier alpha value is -3.02. The summed E-state index contributed by atoms with van der Waals surface area (Å²) in [6.07, 6.45) is -0.420. The molecule has 0 bridgehead atoms. The van der Waals surface area contributed by atoms with E-state index in [4.69, 9.17) is 15.2 Å². The topological polar surface area (TPSA) is 90.7 Å². The maximum Gasteiger partial charge on any atom is 0.417 e. The van der Waals surface area contributed by atoms with Gasteiger partial charge in [0.15, 0.2) is 0 Å². The van der Waals surface area contributed by atoms with Crippen molar-refractivity contribution in [2.45, 2.75) is 18.8 Å². The SMILES string of the molecule is CC1(CC(N)=O)COc2ccc(OC(=O)Nc3ccccc3)cc21. The Kier molecular flexibility index (Phi) is 4.12. The number of ether oxygens (including phenoxy) is 2. The second-order valence-corrected chi connectivity index (χ2v) is 6.03. The Morgan fingerprint density at radius 1 is 1.25 bits per heavy atom. The van der Waals surface area contributed by atoms with Gasteiger partial charge in [-0.3, -0.25) is 10.1 Å². The van der Waals surface area contributed by atoms with Gasteiger partial charge in [-0.2, -0.15) is 0 Å². The van der Waals surface area contributed by atoms with Gasteiger partial charge in [0.2, 0.25) is 5.91 Å². The average molecular weight is 326 g/mol. The number of hydrogen-bond acceptors (Lipinski definition) is 4. The van der Waals surface area contributed by atoms with E-state index in [0.717, 1.165) is 5.56 Å². The Bertz CT molecular complexity index is 776. The molecule has 124 valence electrons. The lowest BCUT2D eigenvalue weighted by Gasteiger charge is -2.20. The third-order valence-corrected chi connectivity index (χ3v) is 3.94.